The maximum absolute atomic E-state index is 5.56. The Morgan fingerprint density at radius 2 is 2.33 bits per heavy atom. The molecule has 0 radical (unpaired) electrons. The van der Waals surface area contributed by atoms with Crippen molar-refractivity contribution in [1.82, 2.24) is 15.0 Å². The number of nitrogens with one attached hydrogen (secondary N) is 1. The fourth-order valence-electron chi connectivity index (χ4n) is 1.50. The highest BCUT2D eigenvalue weighted by Crippen LogP contribution is 2.26. The molecule has 0 saturated carbocycles. The Kier molecular flexibility index (Phi) is 2.86. The molecule has 2 rings (SSSR count). The molecule has 1 unspecified atom stereocenters. The van der Waals surface area contributed by atoms with E-state index in [2.05, 4.69) is 29.5 Å². The molecule has 0 aliphatic heterocycles. The number of thiophene rings is 1. The number of hydrogen-bond acceptors (Lipinski definition) is 4. The van der Waals surface area contributed by atoms with E-state index in [1.807, 2.05) is 17.8 Å². The Labute approximate surface area is 92.7 Å². The number of hydrogen-bond donors (Lipinski definition) is 2. The first-order valence-corrected chi connectivity index (χ1v) is 5.52. The molecular weight excluding hydrogens is 208 g/mol. The number of nitrogens with zero attached hydrogens (tertiary/aromatic N) is 2. The van der Waals surface area contributed by atoms with Gasteiger partial charge >= 0.3 is 0 Å². The molecule has 4 nitrogen and oxygen atoms in total. The molecule has 2 aromatic rings. The molecule has 1 atom stereocenters. The molecule has 0 bridgehead atoms. The van der Waals surface area contributed by atoms with Crippen LogP contribution in [0.1, 0.15) is 21.5 Å². The molecule has 0 fully saturated rings. The van der Waals surface area contributed by atoms with Crippen molar-refractivity contribution in [1.29, 1.82) is 0 Å². The Balaban J connectivity index is 2.32. The number of aromatic nitrogens is 2. The molecule has 0 amide bonds. The average molecular weight is 222 g/mol. The van der Waals surface area contributed by atoms with Gasteiger partial charge in [0.2, 0.25) is 0 Å². The van der Waals surface area contributed by atoms with Crippen LogP contribution in [0.25, 0.3) is 0 Å². The van der Waals surface area contributed by atoms with Crippen LogP contribution in [0.5, 0.6) is 0 Å². The summed E-state index contributed by atoms with van der Waals surface area (Å²) in [5.74, 6) is 5.56. The number of hydrazine groups is 1. The Hall–Kier alpha value is -1.17. The van der Waals surface area contributed by atoms with Crippen molar-refractivity contribution >= 4 is 11.3 Å². The molecule has 2 aromatic heterocycles. The van der Waals surface area contributed by atoms with E-state index in [1.165, 1.54) is 9.75 Å². The van der Waals surface area contributed by atoms with Crippen LogP contribution in [-0.4, -0.2) is 9.55 Å². The third-order valence-electron chi connectivity index (χ3n) is 2.23. The van der Waals surface area contributed by atoms with Gasteiger partial charge in [0.25, 0.3) is 0 Å². The zero-order valence-electron chi connectivity index (χ0n) is 8.77. The molecule has 2 heterocycles. The lowest BCUT2D eigenvalue weighted by Crippen LogP contribution is -2.28. The van der Waals surface area contributed by atoms with E-state index in [0.29, 0.717) is 0 Å². The molecule has 3 N–H and O–H groups in total. The van der Waals surface area contributed by atoms with Crippen molar-refractivity contribution < 1.29 is 0 Å². The highest BCUT2D eigenvalue weighted by Gasteiger charge is 2.16. The average Bonchev–Trinajstić information content (AvgIpc) is 2.78. The minimum Gasteiger partial charge on any atom is -0.340 e. The van der Waals surface area contributed by atoms with Crippen LogP contribution in [0.15, 0.2) is 24.7 Å². The Morgan fingerprint density at radius 1 is 1.53 bits per heavy atom. The number of nitrogens with two attached hydrogens (primary N) is 1. The van der Waals surface area contributed by atoms with Crippen LogP contribution < -0.4 is 11.3 Å². The van der Waals surface area contributed by atoms with Crippen LogP contribution in [0, 0.1) is 6.92 Å². The predicted molar refractivity (Wildman–Crippen MR) is 61.4 cm³/mol. The quantitative estimate of drug-likeness (QED) is 0.608. The van der Waals surface area contributed by atoms with E-state index in [0.717, 1.165) is 5.69 Å². The van der Waals surface area contributed by atoms with Gasteiger partial charge in [0, 0.05) is 23.0 Å². The van der Waals surface area contributed by atoms with Crippen molar-refractivity contribution in [2.75, 3.05) is 0 Å². The minimum absolute atomic E-state index is 0.00935. The third kappa shape index (κ3) is 2.09. The lowest BCUT2D eigenvalue weighted by atomic mass is 10.2. The van der Waals surface area contributed by atoms with Crippen LogP contribution in [-0.2, 0) is 7.05 Å². The summed E-state index contributed by atoms with van der Waals surface area (Å²) >= 11 is 1.73. The molecule has 0 aliphatic carbocycles. The lowest BCUT2D eigenvalue weighted by molar-refractivity contribution is 0.632. The van der Waals surface area contributed by atoms with Gasteiger partial charge in [-0.3, -0.25) is 5.84 Å². The Bertz CT molecular complexity index is 405. The van der Waals surface area contributed by atoms with Gasteiger partial charge in [-0.05, 0) is 19.1 Å². The summed E-state index contributed by atoms with van der Waals surface area (Å²) in [5, 5.41) is 0. The van der Waals surface area contributed by atoms with Gasteiger partial charge in [-0.25, -0.2) is 10.4 Å². The smallest absolute Gasteiger partial charge is 0.0988 e. The number of imidazole rings is 1. The van der Waals surface area contributed by atoms with Gasteiger partial charge in [0.05, 0.1) is 18.1 Å². The standard InChI is InChI=1S/C10H14N4S/c1-7-3-4-9(15-7)10(13-11)8-5-14(2)6-12-8/h3-6,10,13H,11H2,1-2H3. The van der Waals surface area contributed by atoms with Crippen molar-refractivity contribution in [3.63, 3.8) is 0 Å². The fourth-order valence-corrected chi connectivity index (χ4v) is 2.45. The van der Waals surface area contributed by atoms with E-state index in [4.69, 9.17) is 5.84 Å². The Morgan fingerprint density at radius 3 is 2.80 bits per heavy atom. The van der Waals surface area contributed by atoms with Gasteiger partial charge in [-0.2, -0.15) is 0 Å². The van der Waals surface area contributed by atoms with Crippen LogP contribution >= 0.6 is 11.3 Å². The largest absolute Gasteiger partial charge is 0.340 e. The first-order valence-electron chi connectivity index (χ1n) is 4.71. The van der Waals surface area contributed by atoms with Crippen molar-refractivity contribution in [3.05, 3.63) is 40.1 Å². The van der Waals surface area contributed by atoms with Gasteiger partial charge in [-0.1, -0.05) is 0 Å². The highest BCUT2D eigenvalue weighted by atomic mass is 32.1. The molecule has 0 saturated heterocycles. The molecule has 0 aliphatic rings. The fraction of sp³-hybridized carbons (Fsp3) is 0.300. The summed E-state index contributed by atoms with van der Waals surface area (Å²) in [5.41, 5.74) is 3.74. The van der Waals surface area contributed by atoms with Gasteiger partial charge < -0.3 is 4.57 Å². The maximum Gasteiger partial charge on any atom is 0.0988 e. The maximum atomic E-state index is 5.56. The lowest BCUT2D eigenvalue weighted by Gasteiger charge is -2.10. The van der Waals surface area contributed by atoms with Gasteiger partial charge in [0.15, 0.2) is 0 Å². The monoisotopic (exact) mass is 222 g/mol. The van der Waals surface area contributed by atoms with E-state index in [9.17, 15) is 0 Å². The predicted octanol–water partition coefficient (Wildman–Crippen LogP) is 1.34. The minimum atomic E-state index is -0.00935. The van der Waals surface area contributed by atoms with Crippen molar-refractivity contribution in [2.24, 2.45) is 12.9 Å². The first kappa shape index (κ1) is 10.4. The summed E-state index contributed by atoms with van der Waals surface area (Å²) < 4.78 is 1.92. The molecule has 15 heavy (non-hydrogen) atoms. The van der Waals surface area contributed by atoms with Crippen LogP contribution in [0.3, 0.4) is 0 Å². The van der Waals surface area contributed by atoms with Gasteiger partial charge in [0.1, 0.15) is 0 Å². The third-order valence-corrected chi connectivity index (χ3v) is 3.30. The number of aryl methyl sites for hydroxylation is 2. The van der Waals surface area contributed by atoms with Gasteiger partial charge in [-0.15, -0.1) is 11.3 Å². The zero-order chi connectivity index (χ0) is 10.8. The summed E-state index contributed by atoms with van der Waals surface area (Å²) in [4.78, 5) is 6.77. The van der Waals surface area contributed by atoms with Crippen molar-refractivity contribution in [3.8, 4) is 0 Å². The van der Waals surface area contributed by atoms with E-state index in [-0.39, 0.29) is 6.04 Å². The topological polar surface area (TPSA) is 55.9 Å². The molecule has 5 heteroatoms. The van der Waals surface area contributed by atoms with Crippen LogP contribution in [0.2, 0.25) is 0 Å². The second-order valence-electron chi connectivity index (χ2n) is 3.51. The molecule has 0 spiro atoms. The molecule has 0 aromatic carbocycles. The summed E-state index contributed by atoms with van der Waals surface area (Å²) in [7, 11) is 1.95. The normalized spacial score (nSPS) is 13.0. The highest BCUT2D eigenvalue weighted by molar-refractivity contribution is 7.12. The molecular formula is C10H14N4S. The zero-order valence-corrected chi connectivity index (χ0v) is 9.58. The second-order valence-corrected chi connectivity index (χ2v) is 4.83. The van der Waals surface area contributed by atoms with Crippen molar-refractivity contribution in [2.45, 2.75) is 13.0 Å². The van der Waals surface area contributed by atoms with E-state index in [1.54, 1.807) is 17.7 Å². The van der Waals surface area contributed by atoms with Crippen LogP contribution in [0.4, 0.5) is 0 Å². The van der Waals surface area contributed by atoms with E-state index < -0.39 is 0 Å². The summed E-state index contributed by atoms with van der Waals surface area (Å²) in [6, 6.07) is 4.16. The molecule has 80 valence electrons. The summed E-state index contributed by atoms with van der Waals surface area (Å²) in [6.45, 7) is 2.08. The first-order chi connectivity index (χ1) is 7.20. The second kappa shape index (κ2) is 4.14. The summed E-state index contributed by atoms with van der Waals surface area (Å²) in [6.07, 6.45) is 3.75. The number of rotatable bonds is 3. The van der Waals surface area contributed by atoms with E-state index >= 15 is 0 Å². The SMILES string of the molecule is Cc1ccc(C(NN)c2cn(C)cn2)s1.